The van der Waals surface area contributed by atoms with Crippen LogP contribution in [-0.2, 0) is 0 Å². The smallest absolute Gasteiger partial charge is 0.137 e. The highest BCUT2D eigenvalue weighted by molar-refractivity contribution is 6.02. The van der Waals surface area contributed by atoms with Crippen LogP contribution in [0.4, 0.5) is 10.1 Å². The van der Waals surface area contributed by atoms with Crippen LogP contribution in [0.1, 0.15) is 34.7 Å². The summed E-state index contributed by atoms with van der Waals surface area (Å²) in [5, 5.41) is 18.6. The minimum absolute atomic E-state index is 0.0644. The molecule has 0 saturated heterocycles. The van der Waals surface area contributed by atoms with Gasteiger partial charge in [-0.05, 0) is 54.4 Å². The van der Waals surface area contributed by atoms with Crippen LogP contribution >= 0.6 is 0 Å². The first-order valence-electron chi connectivity index (χ1n) is 9.52. The quantitative estimate of drug-likeness (QED) is 0.700. The summed E-state index contributed by atoms with van der Waals surface area (Å²) < 4.78 is 13.6. The van der Waals surface area contributed by atoms with E-state index < -0.39 is 0 Å². The molecule has 1 N–H and O–H groups in total. The third-order valence-corrected chi connectivity index (χ3v) is 5.06. The summed E-state index contributed by atoms with van der Waals surface area (Å²) in [7, 11) is 0. The normalized spacial score (nSPS) is 15.4. The van der Waals surface area contributed by atoms with Crippen molar-refractivity contribution in [1.29, 1.82) is 5.26 Å². The van der Waals surface area contributed by atoms with E-state index in [4.69, 9.17) is 10.3 Å². The van der Waals surface area contributed by atoms with Crippen molar-refractivity contribution >= 4 is 11.5 Å². The number of aliphatic hydroxyl groups excluding tert-OH is 1. The molecule has 1 aliphatic heterocycles. The first kappa shape index (κ1) is 18.9. The van der Waals surface area contributed by atoms with Crippen LogP contribution < -0.4 is 0 Å². The topological polar surface area (TPSA) is 59.6 Å². The first-order chi connectivity index (χ1) is 14.2. The maximum Gasteiger partial charge on any atom is 0.137 e. The van der Waals surface area contributed by atoms with Crippen molar-refractivity contribution in [3.8, 4) is 6.07 Å². The Labute approximate surface area is 169 Å². The summed E-state index contributed by atoms with van der Waals surface area (Å²) in [6.07, 6.45) is 0.579. The summed E-state index contributed by atoms with van der Waals surface area (Å²) in [5.74, 6) is 0.497. The average Bonchev–Trinajstić information content (AvgIpc) is 2.77. The number of para-hydroxylation sites is 1. The highest BCUT2D eigenvalue weighted by Crippen LogP contribution is 2.40. The minimum atomic E-state index is -0.277. The number of hydrogen-bond acceptors (Lipinski definition) is 4. The lowest BCUT2D eigenvalue weighted by Gasteiger charge is -2.39. The van der Waals surface area contributed by atoms with Gasteiger partial charge in [0.25, 0.3) is 0 Å². The minimum Gasteiger partial charge on any atom is -0.396 e. The number of aliphatic imine (C=N–C) groups is 1. The Morgan fingerprint density at radius 3 is 2.41 bits per heavy atom. The molecule has 4 nitrogen and oxygen atoms in total. The SMILES string of the molecule is N#Cc1ccc(C2=Nc3ccccc3C(c3ccc(F)cc3)N2CCCO)cc1. The molecule has 144 valence electrons. The average molecular weight is 385 g/mol. The van der Waals surface area contributed by atoms with Gasteiger partial charge in [0, 0.05) is 24.3 Å². The van der Waals surface area contributed by atoms with E-state index in [1.807, 2.05) is 36.4 Å². The monoisotopic (exact) mass is 385 g/mol. The fourth-order valence-corrected chi connectivity index (χ4v) is 3.69. The zero-order valence-corrected chi connectivity index (χ0v) is 15.8. The maximum absolute atomic E-state index is 13.6. The van der Waals surface area contributed by atoms with E-state index in [-0.39, 0.29) is 18.5 Å². The van der Waals surface area contributed by atoms with Gasteiger partial charge in [0.2, 0.25) is 0 Å². The summed E-state index contributed by atoms with van der Waals surface area (Å²) in [6, 6.07) is 23.8. The number of rotatable bonds is 5. The molecule has 1 atom stereocenters. The molecule has 3 aromatic carbocycles. The second-order valence-electron chi connectivity index (χ2n) is 6.91. The Morgan fingerprint density at radius 2 is 1.72 bits per heavy atom. The molecular weight excluding hydrogens is 365 g/mol. The molecule has 0 bridgehead atoms. The van der Waals surface area contributed by atoms with Crippen molar-refractivity contribution in [3.05, 3.63) is 101 Å². The highest BCUT2D eigenvalue weighted by atomic mass is 19.1. The Morgan fingerprint density at radius 1 is 1.00 bits per heavy atom. The third kappa shape index (κ3) is 3.75. The van der Waals surface area contributed by atoms with Crippen molar-refractivity contribution in [2.75, 3.05) is 13.2 Å². The van der Waals surface area contributed by atoms with Crippen LogP contribution in [0.15, 0.2) is 77.8 Å². The van der Waals surface area contributed by atoms with E-state index in [2.05, 4.69) is 11.0 Å². The molecule has 0 aromatic heterocycles. The Balaban J connectivity index is 1.87. The van der Waals surface area contributed by atoms with E-state index in [0.29, 0.717) is 18.5 Å². The number of nitriles is 1. The Kier molecular flexibility index (Phi) is 5.37. The van der Waals surface area contributed by atoms with Crippen molar-refractivity contribution in [2.45, 2.75) is 12.5 Å². The second-order valence-corrected chi connectivity index (χ2v) is 6.91. The van der Waals surface area contributed by atoms with Gasteiger partial charge in [0.15, 0.2) is 0 Å². The molecule has 3 aromatic rings. The maximum atomic E-state index is 13.6. The molecule has 0 aliphatic carbocycles. The fraction of sp³-hybridized carbons (Fsp3) is 0.167. The molecule has 29 heavy (non-hydrogen) atoms. The van der Waals surface area contributed by atoms with Gasteiger partial charge < -0.3 is 10.0 Å². The molecular formula is C24H20FN3O. The largest absolute Gasteiger partial charge is 0.396 e. The van der Waals surface area contributed by atoms with Crippen LogP contribution in [0, 0.1) is 17.1 Å². The van der Waals surface area contributed by atoms with Gasteiger partial charge in [-0.15, -0.1) is 0 Å². The predicted molar refractivity (Wildman–Crippen MR) is 110 cm³/mol. The van der Waals surface area contributed by atoms with Crippen LogP contribution in [0.3, 0.4) is 0 Å². The molecule has 0 radical (unpaired) electrons. The van der Waals surface area contributed by atoms with E-state index >= 15 is 0 Å². The number of nitrogens with zero attached hydrogens (tertiary/aromatic N) is 3. The molecule has 0 amide bonds. The molecule has 1 heterocycles. The van der Waals surface area contributed by atoms with Crippen LogP contribution in [0.2, 0.25) is 0 Å². The molecule has 4 rings (SSSR count). The molecule has 1 aliphatic rings. The third-order valence-electron chi connectivity index (χ3n) is 5.06. The fourth-order valence-electron chi connectivity index (χ4n) is 3.69. The Hall–Kier alpha value is -3.49. The molecule has 0 saturated carbocycles. The van der Waals surface area contributed by atoms with Gasteiger partial charge in [-0.25, -0.2) is 9.38 Å². The standard InChI is InChI=1S/C24H20FN3O/c25-20-12-10-18(11-13-20)23-21-4-1-2-5-22(21)27-24(28(23)14-3-15-29)19-8-6-17(16-26)7-9-19/h1-2,4-13,23,29H,3,14-15H2. The first-order valence-corrected chi connectivity index (χ1v) is 9.52. The number of hydrogen-bond donors (Lipinski definition) is 1. The van der Waals surface area contributed by atoms with E-state index in [1.165, 1.54) is 12.1 Å². The lowest BCUT2D eigenvalue weighted by molar-refractivity contribution is 0.254. The number of halogens is 1. The van der Waals surface area contributed by atoms with Gasteiger partial charge in [-0.1, -0.05) is 30.3 Å². The van der Waals surface area contributed by atoms with Gasteiger partial charge in [0.1, 0.15) is 11.7 Å². The van der Waals surface area contributed by atoms with Crippen LogP contribution in [-0.4, -0.2) is 29.0 Å². The predicted octanol–water partition coefficient (Wildman–Crippen LogP) is 4.56. The molecule has 0 spiro atoms. The highest BCUT2D eigenvalue weighted by Gasteiger charge is 2.31. The van der Waals surface area contributed by atoms with Crippen molar-refractivity contribution in [1.82, 2.24) is 4.90 Å². The number of amidine groups is 1. The summed E-state index contributed by atoms with van der Waals surface area (Å²) in [5.41, 5.74) is 4.33. The second kappa shape index (κ2) is 8.26. The molecule has 1 unspecified atom stereocenters. The van der Waals surface area contributed by atoms with Crippen LogP contribution in [0.25, 0.3) is 0 Å². The van der Waals surface area contributed by atoms with Crippen molar-refractivity contribution in [3.63, 3.8) is 0 Å². The van der Waals surface area contributed by atoms with E-state index in [1.54, 1.807) is 24.3 Å². The summed E-state index contributed by atoms with van der Waals surface area (Å²) >= 11 is 0. The van der Waals surface area contributed by atoms with E-state index in [0.717, 1.165) is 28.2 Å². The zero-order valence-electron chi connectivity index (χ0n) is 15.8. The van der Waals surface area contributed by atoms with Gasteiger partial charge in [-0.3, -0.25) is 0 Å². The molecule has 5 heteroatoms. The van der Waals surface area contributed by atoms with Crippen molar-refractivity contribution in [2.24, 2.45) is 4.99 Å². The van der Waals surface area contributed by atoms with Crippen LogP contribution in [0.5, 0.6) is 0 Å². The lowest BCUT2D eigenvalue weighted by Crippen LogP contribution is -2.39. The summed E-state index contributed by atoms with van der Waals surface area (Å²) in [4.78, 5) is 7.05. The number of fused-ring (bicyclic) bond motifs is 1. The molecule has 0 fully saturated rings. The van der Waals surface area contributed by atoms with E-state index in [9.17, 15) is 9.50 Å². The Bertz CT molecular complexity index is 1070. The van der Waals surface area contributed by atoms with Gasteiger partial charge in [-0.2, -0.15) is 5.26 Å². The number of benzene rings is 3. The number of aliphatic hydroxyl groups is 1. The zero-order chi connectivity index (χ0) is 20.2. The summed E-state index contributed by atoms with van der Waals surface area (Å²) in [6.45, 7) is 0.653. The lowest BCUT2D eigenvalue weighted by atomic mass is 9.92. The van der Waals surface area contributed by atoms with Gasteiger partial charge >= 0.3 is 0 Å². The van der Waals surface area contributed by atoms with Gasteiger partial charge in [0.05, 0.1) is 23.4 Å². The van der Waals surface area contributed by atoms with Crippen molar-refractivity contribution < 1.29 is 9.50 Å².